The van der Waals surface area contributed by atoms with E-state index in [9.17, 15) is 0 Å². The highest BCUT2D eigenvalue weighted by atomic mass is 16.5. The van der Waals surface area contributed by atoms with Gasteiger partial charge in [-0.05, 0) is 18.9 Å². The Balaban J connectivity index is 2.15. The number of hydrogen-bond donors (Lipinski definition) is 1. The number of methoxy groups -OCH3 is 1. The minimum atomic E-state index is 0.467. The van der Waals surface area contributed by atoms with Gasteiger partial charge in [0.15, 0.2) is 0 Å². The molecule has 1 aromatic carbocycles. The molecule has 0 atom stereocenters. The number of rotatable bonds is 4. The Morgan fingerprint density at radius 2 is 2.00 bits per heavy atom. The van der Waals surface area contributed by atoms with Gasteiger partial charge in [-0.3, -0.25) is 0 Å². The predicted molar refractivity (Wildman–Crippen MR) is 75.0 cm³/mol. The van der Waals surface area contributed by atoms with E-state index in [1.165, 1.54) is 32.1 Å². The second kappa shape index (κ2) is 6.55. The molecule has 1 aliphatic rings. The van der Waals surface area contributed by atoms with Crippen molar-refractivity contribution < 1.29 is 4.74 Å². The third-order valence-corrected chi connectivity index (χ3v) is 3.56. The molecule has 98 valence electrons. The molecule has 0 saturated heterocycles. The monoisotopic (exact) mass is 246 g/mol. The van der Waals surface area contributed by atoms with Crippen LogP contribution < -0.4 is 5.73 Å². The molecule has 1 fully saturated rings. The summed E-state index contributed by atoms with van der Waals surface area (Å²) in [5, 5.41) is 0. The van der Waals surface area contributed by atoms with Crippen molar-refractivity contribution >= 4 is 11.5 Å². The lowest BCUT2D eigenvalue weighted by molar-refractivity contribution is 0.185. The molecule has 3 heteroatoms. The van der Waals surface area contributed by atoms with Crippen molar-refractivity contribution in [3.63, 3.8) is 0 Å². The fraction of sp³-hybridized carbons (Fsp3) is 0.533. The molecule has 0 bridgehead atoms. The number of amidine groups is 1. The van der Waals surface area contributed by atoms with Gasteiger partial charge < -0.3 is 10.5 Å². The molecular weight excluding hydrogens is 224 g/mol. The van der Waals surface area contributed by atoms with E-state index in [1.807, 2.05) is 24.3 Å². The first-order valence-electron chi connectivity index (χ1n) is 6.72. The molecule has 0 radical (unpaired) electrons. The van der Waals surface area contributed by atoms with Crippen LogP contribution in [0.5, 0.6) is 0 Å². The number of benzene rings is 1. The van der Waals surface area contributed by atoms with Crippen molar-refractivity contribution in [1.29, 1.82) is 0 Å². The van der Waals surface area contributed by atoms with Crippen LogP contribution in [0, 0.1) is 5.92 Å². The summed E-state index contributed by atoms with van der Waals surface area (Å²) < 4.78 is 5.19. The Bertz CT molecular complexity index is 409. The van der Waals surface area contributed by atoms with Crippen LogP contribution in [0.3, 0.4) is 0 Å². The van der Waals surface area contributed by atoms with Crippen LogP contribution in [-0.4, -0.2) is 12.9 Å². The molecule has 0 spiro atoms. The zero-order chi connectivity index (χ0) is 12.8. The number of aliphatic imine (C=N–C) groups is 1. The van der Waals surface area contributed by atoms with E-state index in [2.05, 4.69) is 4.99 Å². The predicted octanol–water partition coefficient (Wildman–Crippen LogP) is 3.40. The molecule has 1 saturated carbocycles. The fourth-order valence-corrected chi connectivity index (χ4v) is 2.53. The minimum absolute atomic E-state index is 0.467. The Hall–Kier alpha value is -1.35. The van der Waals surface area contributed by atoms with Crippen molar-refractivity contribution in [3.05, 3.63) is 29.8 Å². The highest BCUT2D eigenvalue weighted by Crippen LogP contribution is 2.26. The summed E-state index contributed by atoms with van der Waals surface area (Å²) in [5.74, 6) is 1.26. The molecule has 0 unspecified atom stereocenters. The quantitative estimate of drug-likeness (QED) is 0.653. The van der Waals surface area contributed by atoms with Crippen molar-refractivity contribution in [1.82, 2.24) is 0 Å². The molecule has 0 aromatic heterocycles. The molecule has 0 amide bonds. The van der Waals surface area contributed by atoms with Gasteiger partial charge in [0.25, 0.3) is 0 Å². The van der Waals surface area contributed by atoms with E-state index in [0.29, 0.717) is 12.5 Å². The topological polar surface area (TPSA) is 47.6 Å². The maximum atomic E-state index is 6.15. The number of nitrogens with two attached hydrogens (primary N) is 1. The highest BCUT2D eigenvalue weighted by molar-refractivity contribution is 5.85. The normalized spacial score (nSPS) is 17.9. The third-order valence-electron chi connectivity index (χ3n) is 3.56. The van der Waals surface area contributed by atoms with Gasteiger partial charge in [-0.15, -0.1) is 0 Å². The van der Waals surface area contributed by atoms with E-state index in [-0.39, 0.29) is 0 Å². The first-order valence-corrected chi connectivity index (χ1v) is 6.72. The Kier molecular flexibility index (Phi) is 4.76. The van der Waals surface area contributed by atoms with Crippen LogP contribution in [0.4, 0.5) is 5.69 Å². The van der Waals surface area contributed by atoms with Crippen molar-refractivity contribution in [3.8, 4) is 0 Å². The molecule has 1 aromatic rings. The Morgan fingerprint density at radius 1 is 1.28 bits per heavy atom. The first kappa shape index (κ1) is 13.1. The van der Waals surface area contributed by atoms with E-state index in [1.54, 1.807) is 7.11 Å². The molecule has 2 N–H and O–H groups in total. The van der Waals surface area contributed by atoms with Crippen LogP contribution in [0.15, 0.2) is 29.3 Å². The third kappa shape index (κ3) is 3.33. The zero-order valence-electron chi connectivity index (χ0n) is 11.1. The van der Waals surface area contributed by atoms with Crippen molar-refractivity contribution in [2.24, 2.45) is 16.6 Å². The van der Waals surface area contributed by atoms with E-state index < -0.39 is 0 Å². The molecule has 0 heterocycles. The average Bonchev–Trinajstić information content (AvgIpc) is 2.42. The second-order valence-corrected chi connectivity index (χ2v) is 4.93. The summed E-state index contributed by atoms with van der Waals surface area (Å²) in [4.78, 5) is 4.62. The van der Waals surface area contributed by atoms with Gasteiger partial charge in [0, 0.05) is 18.6 Å². The number of hydrogen-bond acceptors (Lipinski definition) is 2. The summed E-state index contributed by atoms with van der Waals surface area (Å²) >= 11 is 0. The molecule has 0 aliphatic heterocycles. The minimum Gasteiger partial charge on any atom is -0.387 e. The van der Waals surface area contributed by atoms with Crippen molar-refractivity contribution in [2.45, 2.75) is 38.7 Å². The first-order chi connectivity index (χ1) is 8.81. The van der Waals surface area contributed by atoms with Crippen LogP contribution in [0.1, 0.15) is 37.7 Å². The zero-order valence-corrected chi connectivity index (χ0v) is 11.1. The van der Waals surface area contributed by atoms with Crippen LogP contribution >= 0.6 is 0 Å². The Morgan fingerprint density at radius 3 is 2.72 bits per heavy atom. The lowest BCUT2D eigenvalue weighted by Crippen LogP contribution is -2.25. The summed E-state index contributed by atoms with van der Waals surface area (Å²) in [7, 11) is 1.70. The SMILES string of the molecule is COCc1ccccc1N=C(N)C1CCCCC1. The molecule has 1 aliphatic carbocycles. The summed E-state index contributed by atoms with van der Waals surface area (Å²) in [5.41, 5.74) is 8.20. The van der Waals surface area contributed by atoms with Gasteiger partial charge in [-0.1, -0.05) is 37.5 Å². The lowest BCUT2D eigenvalue weighted by Gasteiger charge is -2.21. The van der Waals surface area contributed by atoms with E-state index in [4.69, 9.17) is 10.5 Å². The molecule has 2 rings (SSSR count). The standard InChI is InChI=1S/C15H22N2O/c1-18-11-13-9-5-6-10-14(13)17-15(16)12-7-3-2-4-8-12/h5-6,9-10,12H,2-4,7-8,11H2,1H3,(H2,16,17). The average molecular weight is 246 g/mol. The number of ether oxygens (including phenoxy) is 1. The lowest BCUT2D eigenvalue weighted by atomic mass is 9.88. The van der Waals surface area contributed by atoms with Gasteiger partial charge in [0.1, 0.15) is 5.84 Å². The Labute approximate surface area is 109 Å². The smallest absolute Gasteiger partial charge is 0.103 e. The van der Waals surface area contributed by atoms with Gasteiger partial charge in [0.2, 0.25) is 0 Å². The maximum absolute atomic E-state index is 6.15. The molecular formula is C15H22N2O. The van der Waals surface area contributed by atoms with Crippen molar-refractivity contribution in [2.75, 3.05) is 7.11 Å². The van der Waals surface area contributed by atoms with Crippen LogP contribution in [-0.2, 0) is 11.3 Å². The number of nitrogens with zero attached hydrogens (tertiary/aromatic N) is 1. The second-order valence-electron chi connectivity index (χ2n) is 4.93. The van der Waals surface area contributed by atoms with E-state index >= 15 is 0 Å². The molecule has 3 nitrogen and oxygen atoms in total. The largest absolute Gasteiger partial charge is 0.387 e. The summed E-state index contributed by atoms with van der Waals surface area (Å²) in [6.45, 7) is 0.581. The van der Waals surface area contributed by atoms with Gasteiger partial charge >= 0.3 is 0 Å². The maximum Gasteiger partial charge on any atom is 0.103 e. The summed E-state index contributed by atoms with van der Waals surface area (Å²) in [6, 6.07) is 8.04. The fourth-order valence-electron chi connectivity index (χ4n) is 2.53. The van der Waals surface area contributed by atoms with Crippen LogP contribution in [0.25, 0.3) is 0 Å². The molecule has 18 heavy (non-hydrogen) atoms. The van der Waals surface area contributed by atoms with Crippen LogP contribution in [0.2, 0.25) is 0 Å². The number of para-hydroxylation sites is 1. The van der Waals surface area contributed by atoms with Gasteiger partial charge in [-0.25, -0.2) is 4.99 Å². The van der Waals surface area contributed by atoms with E-state index in [0.717, 1.165) is 17.1 Å². The van der Waals surface area contributed by atoms with Gasteiger partial charge in [0.05, 0.1) is 12.3 Å². The summed E-state index contributed by atoms with van der Waals surface area (Å²) in [6.07, 6.45) is 6.26. The highest BCUT2D eigenvalue weighted by Gasteiger charge is 2.17. The van der Waals surface area contributed by atoms with Gasteiger partial charge in [-0.2, -0.15) is 0 Å².